The molecule has 0 aliphatic carbocycles. The van der Waals surface area contributed by atoms with Gasteiger partial charge in [0.2, 0.25) is 0 Å². The molecule has 7 heteroatoms. The Morgan fingerprint density at radius 3 is 2.37 bits per heavy atom. The maximum Gasteiger partial charge on any atom is 0.257 e. The molecule has 41 heavy (non-hydrogen) atoms. The second-order valence-electron chi connectivity index (χ2n) is 11.9. The summed E-state index contributed by atoms with van der Waals surface area (Å²) in [5.41, 5.74) is 0.976. The minimum Gasteiger partial charge on any atom is -0.497 e. The number of aliphatic hydroxyl groups is 1. The molecular formula is C34H39NO6. The summed E-state index contributed by atoms with van der Waals surface area (Å²) in [5, 5.41) is 15.5. The normalized spacial score (nSPS) is 25.4. The molecule has 2 aliphatic heterocycles. The van der Waals surface area contributed by atoms with E-state index in [4.69, 9.17) is 18.9 Å². The van der Waals surface area contributed by atoms with Gasteiger partial charge in [0.05, 0.1) is 30.6 Å². The Hall–Kier alpha value is -3.65. The zero-order chi connectivity index (χ0) is 29.3. The van der Waals surface area contributed by atoms with E-state index in [1.165, 1.54) is 7.11 Å². The number of fused-ring (bicyclic) bond motifs is 1. The summed E-state index contributed by atoms with van der Waals surface area (Å²) in [6, 6.07) is 20.5. The van der Waals surface area contributed by atoms with Crippen LogP contribution in [-0.2, 0) is 26.5 Å². The zero-order valence-electron chi connectivity index (χ0n) is 24.4. The SMILES string of the molecule is COc1ccc(C2(O)c3c(ccc(/C=C/C4(C)CCC(C)(C)CO4)c3OCc3ccccc3)NC(=O)C2OC)cc1. The van der Waals surface area contributed by atoms with Crippen molar-refractivity contribution in [3.8, 4) is 11.5 Å². The van der Waals surface area contributed by atoms with E-state index in [0.717, 1.165) is 24.0 Å². The fraction of sp³-hybridized carbons (Fsp3) is 0.382. The summed E-state index contributed by atoms with van der Waals surface area (Å²) in [7, 11) is 3.00. The molecule has 0 aromatic heterocycles. The number of carbonyl (C=O) groups excluding carboxylic acids is 1. The van der Waals surface area contributed by atoms with Crippen LogP contribution in [0.3, 0.4) is 0 Å². The van der Waals surface area contributed by atoms with E-state index >= 15 is 0 Å². The first-order chi connectivity index (χ1) is 19.6. The third-order valence-electron chi connectivity index (χ3n) is 8.14. The Labute approximate surface area is 242 Å². The van der Waals surface area contributed by atoms with E-state index in [1.807, 2.05) is 42.5 Å². The molecule has 7 nitrogen and oxygen atoms in total. The van der Waals surface area contributed by atoms with Crippen LogP contribution in [0.2, 0.25) is 0 Å². The highest BCUT2D eigenvalue weighted by molar-refractivity contribution is 6.00. The lowest BCUT2D eigenvalue weighted by Crippen LogP contribution is -2.53. The lowest BCUT2D eigenvalue weighted by molar-refractivity contribution is -0.142. The van der Waals surface area contributed by atoms with Crippen molar-refractivity contribution in [3.05, 3.63) is 95.1 Å². The van der Waals surface area contributed by atoms with Crippen molar-refractivity contribution < 1.29 is 28.8 Å². The molecule has 1 saturated heterocycles. The van der Waals surface area contributed by atoms with Gasteiger partial charge in [0.1, 0.15) is 18.1 Å². The maximum absolute atomic E-state index is 13.2. The van der Waals surface area contributed by atoms with Crippen LogP contribution in [0, 0.1) is 5.41 Å². The van der Waals surface area contributed by atoms with Crippen LogP contribution in [0.1, 0.15) is 55.9 Å². The third-order valence-corrected chi connectivity index (χ3v) is 8.14. The number of methoxy groups -OCH3 is 2. The molecule has 1 fully saturated rings. The quantitative estimate of drug-likeness (QED) is 0.349. The van der Waals surface area contributed by atoms with Crippen molar-refractivity contribution in [2.45, 2.75) is 57.5 Å². The number of hydrogen-bond donors (Lipinski definition) is 2. The third kappa shape index (κ3) is 5.75. The highest BCUT2D eigenvalue weighted by Gasteiger charge is 2.52. The van der Waals surface area contributed by atoms with Gasteiger partial charge in [-0.3, -0.25) is 4.79 Å². The molecule has 216 valence electrons. The summed E-state index contributed by atoms with van der Waals surface area (Å²) < 4.78 is 23.8. The Morgan fingerprint density at radius 2 is 1.73 bits per heavy atom. The summed E-state index contributed by atoms with van der Waals surface area (Å²) >= 11 is 0. The smallest absolute Gasteiger partial charge is 0.257 e. The summed E-state index contributed by atoms with van der Waals surface area (Å²) in [4.78, 5) is 13.2. The standard InChI is InChI=1S/C34H39NO6/c1-32(2)19-20-33(3,41-22-32)18-17-24-11-16-27-28(29(24)40-21-23-9-7-6-8-10-23)34(37,30(39-5)31(36)35-27)25-12-14-26(38-4)15-13-25/h6-18,30,37H,19-22H2,1-5H3,(H,35,36)/b18-17+. The number of anilines is 1. The molecular weight excluding hydrogens is 518 g/mol. The topological polar surface area (TPSA) is 86.3 Å². The van der Waals surface area contributed by atoms with Gasteiger partial charge >= 0.3 is 0 Å². The van der Waals surface area contributed by atoms with Crippen molar-refractivity contribution in [2.24, 2.45) is 5.41 Å². The monoisotopic (exact) mass is 557 g/mol. The lowest BCUT2D eigenvalue weighted by atomic mass is 9.76. The Morgan fingerprint density at radius 1 is 1.00 bits per heavy atom. The molecule has 0 saturated carbocycles. The molecule has 0 spiro atoms. The molecule has 3 atom stereocenters. The fourth-order valence-corrected chi connectivity index (χ4v) is 5.52. The minimum atomic E-state index is -1.84. The number of rotatable bonds is 8. The fourth-order valence-electron chi connectivity index (χ4n) is 5.52. The molecule has 3 aromatic carbocycles. The molecule has 3 aromatic rings. The second kappa shape index (κ2) is 11.3. The number of hydrogen-bond acceptors (Lipinski definition) is 6. The van der Waals surface area contributed by atoms with E-state index in [1.54, 1.807) is 37.4 Å². The molecule has 5 rings (SSSR count). The Bertz CT molecular complexity index is 1410. The second-order valence-corrected chi connectivity index (χ2v) is 11.9. The van der Waals surface area contributed by atoms with Crippen LogP contribution < -0.4 is 14.8 Å². The van der Waals surface area contributed by atoms with E-state index in [0.29, 0.717) is 34.9 Å². The Kier molecular flexibility index (Phi) is 7.97. The highest BCUT2D eigenvalue weighted by Crippen LogP contribution is 2.49. The summed E-state index contributed by atoms with van der Waals surface area (Å²) in [6.07, 6.45) is 4.78. The van der Waals surface area contributed by atoms with Crippen LogP contribution in [0.15, 0.2) is 72.8 Å². The van der Waals surface area contributed by atoms with Gasteiger partial charge in [0, 0.05) is 12.7 Å². The average molecular weight is 558 g/mol. The molecule has 2 N–H and O–H groups in total. The van der Waals surface area contributed by atoms with Crippen molar-refractivity contribution in [2.75, 3.05) is 26.1 Å². The van der Waals surface area contributed by atoms with E-state index in [9.17, 15) is 9.90 Å². The van der Waals surface area contributed by atoms with Gasteiger partial charge in [0.25, 0.3) is 5.91 Å². The van der Waals surface area contributed by atoms with Gasteiger partial charge in [-0.25, -0.2) is 0 Å². The van der Waals surface area contributed by atoms with Crippen LogP contribution in [0.4, 0.5) is 5.69 Å². The van der Waals surface area contributed by atoms with Gasteiger partial charge in [-0.1, -0.05) is 68.5 Å². The number of carbonyl (C=O) groups is 1. The molecule has 2 heterocycles. The largest absolute Gasteiger partial charge is 0.497 e. The summed E-state index contributed by atoms with van der Waals surface area (Å²) in [6.45, 7) is 7.47. The van der Waals surface area contributed by atoms with Gasteiger partial charge in [0.15, 0.2) is 11.7 Å². The van der Waals surface area contributed by atoms with Gasteiger partial charge in [-0.15, -0.1) is 0 Å². The van der Waals surface area contributed by atoms with Crippen LogP contribution in [-0.4, -0.2) is 43.5 Å². The average Bonchev–Trinajstić information content (AvgIpc) is 2.97. The molecule has 1 amide bonds. The van der Waals surface area contributed by atoms with Crippen LogP contribution in [0.5, 0.6) is 11.5 Å². The number of ether oxygens (including phenoxy) is 4. The lowest BCUT2D eigenvalue weighted by Gasteiger charge is -2.41. The Balaban J connectivity index is 1.65. The maximum atomic E-state index is 13.2. The molecule has 0 radical (unpaired) electrons. The first-order valence-corrected chi connectivity index (χ1v) is 14.0. The first kappa shape index (κ1) is 28.9. The highest BCUT2D eigenvalue weighted by atomic mass is 16.5. The van der Waals surface area contributed by atoms with Crippen LogP contribution >= 0.6 is 0 Å². The summed E-state index contributed by atoms with van der Waals surface area (Å²) in [5.74, 6) is 0.650. The number of nitrogens with one attached hydrogen (secondary N) is 1. The van der Waals surface area contributed by atoms with Gasteiger partial charge in [-0.2, -0.15) is 0 Å². The van der Waals surface area contributed by atoms with E-state index in [2.05, 4.69) is 32.2 Å². The molecule has 2 aliphatic rings. The van der Waals surface area contributed by atoms with Crippen molar-refractivity contribution >= 4 is 17.7 Å². The van der Waals surface area contributed by atoms with Crippen LogP contribution in [0.25, 0.3) is 6.08 Å². The van der Waals surface area contributed by atoms with Gasteiger partial charge < -0.3 is 29.4 Å². The van der Waals surface area contributed by atoms with Crippen molar-refractivity contribution in [1.29, 1.82) is 0 Å². The van der Waals surface area contributed by atoms with Crippen molar-refractivity contribution in [3.63, 3.8) is 0 Å². The number of amides is 1. The zero-order valence-corrected chi connectivity index (χ0v) is 24.4. The van der Waals surface area contributed by atoms with E-state index < -0.39 is 23.2 Å². The predicted molar refractivity (Wildman–Crippen MR) is 159 cm³/mol. The molecule has 3 unspecified atom stereocenters. The minimum absolute atomic E-state index is 0.144. The van der Waals surface area contributed by atoms with Gasteiger partial charge in [-0.05, 0) is 60.6 Å². The predicted octanol–water partition coefficient (Wildman–Crippen LogP) is 6.09. The first-order valence-electron chi connectivity index (χ1n) is 14.0. The van der Waals surface area contributed by atoms with Crippen molar-refractivity contribution in [1.82, 2.24) is 0 Å². The van der Waals surface area contributed by atoms with E-state index in [-0.39, 0.29) is 12.0 Å². The number of benzene rings is 3. The molecule has 0 bridgehead atoms.